The average molecular weight is 274 g/mol. The van der Waals surface area contributed by atoms with Crippen LogP contribution in [0.5, 0.6) is 0 Å². The Kier molecular flexibility index (Phi) is 3.01. The second-order valence-corrected chi connectivity index (χ2v) is 6.30. The van der Waals surface area contributed by atoms with Crippen molar-refractivity contribution in [2.24, 2.45) is 5.41 Å². The summed E-state index contributed by atoms with van der Waals surface area (Å²) in [4.78, 5) is 1.40. The van der Waals surface area contributed by atoms with Gasteiger partial charge in [0.15, 0.2) is 0 Å². The van der Waals surface area contributed by atoms with Crippen LogP contribution in [0.15, 0.2) is 15.9 Å². The van der Waals surface area contributed by atoms with Crippen molar-refractivity contribution >= 4 is 27.3 Å². The lowest BCUT2D eigenvalue weighted by atomic mass is 10.0. The Bertz CT molecular complexity index is 317. The van der Waals surface area contributed by atoms with E-state index in [0.29, 0.717) is 11.5 Å². The van der Waals surface area contributed by atoms with Gasteiger partial charge in [0.25, 0.3) is 0 Å². The van der Waals surface area contributed by atoms with E-state index in [1.165, 1.54) is 22.2 Å². The highest BCUT2D eigenvalue weighted by atomic mass is 79.9. The first-order chi connectivity index (χ1) is 6.62. The van der Waals surface area contributed by atoms with Crippen LogP contribution in [0.2, 0.25) is 0 Å². The van der Waals surface area contributed by atoms with Crippen LogP contribution < -0.4 is 5.32 Å². The van der Waals surface area contributed by atoms with Crippen molar-refractivity contribution in [2.75, 3.05) is 0 Å². The second-order valence-electron chi connectivity index (χ2n) is 4.45. The minimum Gasteiger partial charge on any atom is -0.309 e. The highest BCUT2D eigenvalue weighted by molar-refractivity contribution is 9.10. The Labute approximate surface area is 98.0 Å². The molecule has 0 bridgehead atoms. The maximum atomic E-state index is 3.61. The Morgan fingerprint density at radius 3 is 2.86 bits per heavy atom. The number of nitrogens with one attached hydrogen (secondary N) is 1. The van der Waals surface area contributed by atoms with Crippen LogP contribution in [-0.4, -0.2) is 6.04 Å². The fourth-order valence-electron chi connectivity index (χ4n) is 1.57. The monoisotopic (exact) mass is 273 g/mol. The third-order valence-electron chi connectivity index (χ3n) is 3.34. The standard InChI is InChI=1S/C11H16BrNS/c1-8(11(2)4-5-11)13-7-10-9(12)3-6-14-10/h3,6,8,13H,4-5,7H2,1-2H3. The van der Waals surface area contributed by atoms with Crippen LogP contribution in [0.4, 0.5) is 0 Å². The Morgan fingerprint density at radius 1 is 1.64 bits per heavy atom. The molecule has 1 fully saturated rings. The van der Waals surface area contributed by atoms with Gasteiger partial charge in [0.05, 0.1) is 0 Å². The van der Waals surface area contributed by atoms with Crippen molar-refractivity contribution < 1.29 is 0 Å². The van der Waals surface area contributed by atoms with Crippen molar-refractivity contribution in [1.29, 1.82) is 0 Å². The number of thiophene rings is 1. The summed E-state index contributed by atoms with van der Waals surface area (Å²) in [5, 5.41) is 5.74. The van der Waals surface area contributed by atoms with Crippen LogP contribution in [0, 0.1) is 5.41 Å². The second kappa shape index (κ2) is 3.95. The molecule has 0 radical (unpaired) electrons. The molecule has 0 spiro atoms. The smallest absolute Gasteiger partial charge is 0.0327 e. The van der Waals surface area contributed by atoms with E-state index in [2.05, 4.69) is 46.5 Å². The topological polar surface area (TPSA) is 12.0 Å². The van der Waals surface area contributed by atoms with Crippen LogP contribution in [0.1, 0.15) is 31.6 Å². The Morgan fingerprint density at radius 2 is 2.36 bits per heavy atom. The fourth-order valence-corrected chi connectivity index (χ4v) is 3.02. The first kappa shape index (κ1) is 10.7. The fraction of sp³-hybridized carbons (Fsp3) is 0.636. The molecule has 78 valence electrons. The molecule has 1 heterocycles. The Balaban J connectivity index is 1.85. The number of rotatable bonds is 4. The predicted molar refractivity (Wildman–Crippen MR) is 65.7 cm³/mol. The van der Waals surface area contributed by atoms with Gasteiger partial charge in [-0.3, -0.25) is 0 Å². The molecule has 14 heavy (non-hydrogen) atoms. The van der Waals surface area contributed by atoms with Gasteiger partial charge in [-0.15, -0.1) is 11.3 Å². The van der Waals surface area contributed by atoms with Gasteiger partial charge in [-0.2, -0.15) is 0 Å². The Hall–Kier alpha value is 0.140. The van der Waals surface area contributed by atoms with Gasteiger partial charge >= 0.3 is 0 Å². The van der Waals surface area contributed by atoms with Crippen molar-refractivity contribution in [1.82, 2.24) is 5.32 Å². The van der Waals surface area contributed by atoms with E-state index in [0.717, 1.165) is 6.54 Å². The van der Waals surface area contributed by atoms with Gasteiger partial charge in [-0.05, 0) is 52.6 Å². The number of hydrogen-bond acceptors (Lipinski definition) is 2. The molecule has 0 aliphatic heterocycles. The molecule has 1 nitrogen and oxygen atoms in total. The highest BCUT2D eigenvalue weighted by Gasteiger charge is 2.42. The molecule has 0 saturated heterocycles. The zero-order valence-electron chi connectivity index (χ0n) is 8.64. The van der Waals surface area contributed by atoms with Crippen LogP contribution in [0.3, 0.4) is 0 Å². The lowest BCUT2D eigenvalue weighted by Crippen LogP contribution is -2.32. The minimum atomic E-state index is 0.573. The third kappa shape index (κ3) is 2.20. The predicted octanol–water partition coefficient (Wildman–Crippen LogP) is 3.79. The summed E-state index contributed by atoms with van der Waals surface area (Å²) >= 11 is 5.37. The molecule has 0 amide bonds. The molecule has 2 rings (SSSR count). The van der Waals surface area contributed by atoms with Crippen LogP contribution >= 0.6 is 27.3 Å². The summed E-state index contributed by atoms with van der Waals surface area (Å²) in [7, 11) is 0. The molecular formula is C11H16BrNS. The molecule has 1 aromatic heterocycles. The number of halogens is 1. The zero-order valence-corrected chi connectivity index (χ0v) is 11.0. The summed E-state index contributed by atoms with van der Waals surface area (Å²) in [5.41, 5.74) is 0.573. The largest absolute Gasteiger partial charge is 0.309 e. The first-order valence-electron chi connectivity index (χ1n) is 5.07. The lowest BCUT2D eigenvalue weighted by Gasteiger charge is -2.20. The molecule has 1 aliphatic carbocycles. The van der Waals surface area contributed by atoms with Gasteiger partial charge in [0.1, 0.15) is 0 Å². The summed E-state index contributed by atoms with van der Waals surface area (Å²) in [6, 6.07) is 2.75. The molecule has 3 heteroatoms. The summed E-state index contributed by atoms with van der Waals surface area (Å²) in [5.74, 6) is 0. The van der Waals surface area contributed by atoms with Gasteiger partial charge in [-0.1, -0.05) is 6.92 Å². The maximum absolute atomic E-state index is 3.61. The number of hydrogen-bond donors (Lipinski definition) is 1. The van der Waals surface area contributed by atoms with Gasteiger partial charge in [0.2, 0.25) is 0 Å². The molecule has 1 aromatic rings. The van der Waals surface area contributed by atoms with E-state index < -0.39 is 0 Å². The quantitative estimate of drug-likeness (QED) is 0.880. The lowest BCUT2D eigenvalue weighted by molar-refractivity contribution is 0.381. The van der Waals surface area contributed by atoms with Crippen molar-refractivity contribution in [3.05, 3.63) is 20.8 Å². The molecule has 0 aromatic carbocycles. The van der Waals surface area contributed by atoms with E-state index in [1.807, 2.05) is 11.3 Å². The molecule has 1 N–H and O–H groups in total. The van der Waals surface area contributed by atoms with E-state index in [9.17, 15) is 0 Å². The highest BCUT2D eigenvalue weighted by Crippen LogP contribution is 2.48. The minimum absolute atomic E-state index is 0.573. The molecule has 1 aliphatic rings. The van der Waals surface area contributed by atoms with E-state index in [-0.39, 0.29) is 0 Å². The molecule has 1 unspecified atom stereocenters. The first-order valence-corrected chi connectivity index (χ1v) is 6.74. The van der Waals surface area contributed by atoms with Gasteiger partial charge in [0, 0.05) is 21.9 Å². The van der Waals surface area contributed by atoms with Crippen LogP contribution in [-0.2, 0) is 6.54 Å². The summed E-state index contributed by atoms with van der Waals surface area (Å²) < 4.78 is 1.24. The van der Waals surface area contributed by atoms with Crippen molar-refractivity contribution in [3.8, 4) is 0 Å². The molecule has 1 saturated carbocycles. The van der Waals surface area contributed by atoms with E-state index >= 15 is 0 Å². The SMILES string of the molecule is CC(NCc1sccc1Br)C1(C)CC1. The van der Waals surface area contributed by atoms with Gasteiger partial charge in [-0.25, -0.2) is 0 Å². The average Bonchev–Trinajstić information content (AvgIpc) is 2.77. The third-order valence-corrected chi connectivity index (χ3v) is 5.27. The summed E-state index contributed by atoms with van der Waals surface area (Å²) in [6.45, 7) is 5.66. The zero-order chi connectivity index (χ0) is 10.2. The van der Waals surface area contributed by atoms with Crippen molar-refractivity contribution in [3.63, 3.8) is 0 Å². The van der Waals surface area contributed by atoms with E-state index in [1.54, 1.807) is 0 Å². The molecule has 1 atom stereocenters. The maximum Gasteiger partial charge on any atom is 0.0327 e. The summed E-state index contributed by atoms with van der Waals surface area (Å²) in [6.07, 6.45) is 2.76. The van der Waals surface area contributed by atoms with Crippen molar-refractivity contribution in [2.45, 2.75) is 39.3 Å². The van der Waals surface area contributed by atoms with Crippen LogP contribution in [0.25, 0.3) is 0 Å². The van der Waals surface area contributed by atoms with E-state index in [4.69, 9.17) is 0 Å². The van der Waals surface area contributed by atoms with Gasteiger partial charge < -0.3 is 5.32 Å². The molecular weight excluding hydrogens is 258 g/mol. The normalized spacial score (nSPS) is 20.8.